The molecule has 2 nitrogen and oxygen atoms in total. The summed E-state index contributed by atoms with van der Waals surface area (Å²) in [5.74, 6) is 1.67. The first-order valence-corrected chi connectivity index (χ1v) is 5.27. The number of rotatable bonds is 0. The largest absolute Gasteiger partial charge is 0.393 e. The van der Waals surface area contributed by atoms with Crippen LogP contribution >= 0.6 is 0 Å². The summed E-state index contributed by atoms with van der Waals surface area (Å²) in [5.41, 5.74) is 0. The van der Waals surface area contributed by atoms with Gasteiger partial charge in [0, 0.05) is 6.04 Å². The van der Waals surface area contributed by atoms with Crippen molar-refractivity contribution in [2.24, 2.45) is 11.8 Å². The first kappa shape index (κ1) is 7.34. The van der Waals surface area contributed by atoms with Gasteiger partial charge in [-0.25, -0.2) is 0 Å². The molecule has 2 atom stereocenters. The molecule has 2 unspecified atom stereocenters. The first-order chi connectivity index (χ1) is 5.84. The summed E-state index contributed by atoms with van der Waals surface area (Å²) in [7, 11) is 0. The maximum atomic E-state index is 9.66. The fourth-order valence-electron chi connectivity index (χ4n) is 3.71. The molecule has 2 heteroatoms. The molecule has 1 aliphatic carbocycles. The Hall–Kier alpha value is -0.0800. The highest BCUT2D eigenvalue weighted by Gasteiger charge is 2.47. The zero-order valence-corrected chi connectivity index (χ0v) is 7.45. The van der Waals surface area contributed by atoms with Crippen LogP contribution < -0.4 is 0 Å². The molecule has 2 aliphatic heterocycles. The Morgan fingerprint density at radius 3 is 2.17 bits per heavy atom. The van der Waals surface area contributed by atoms with E-state index in [1.807, 2.05) is 0 Å². The number of aliphatic hydroxyl groups excluding tert-OH is 1. The molecule has 0 radical (unpaired) electrons. The molecule has 0 aromatic rings. The summed E-state index contributed by atoms with van der Waals surface area (Å²) in [6.45, 7) is 2.61. The number of hydrogen-bond donors (Lipinski definition) is 1. The molecule has 3 aliphatic rings. The van der Waals surface area contributed by atoms with Crippen molar-refractivity contribution in [3.8, 4) is 0 Å². The first-order valence-electron chi connectivity index (χ1n) is 5.27. The SMILES string of the molecule is OC1CC2CCN3CCC(C1)C23. The van der Waals surface area contributed by atoms with Crippen molar-refractivity contribution in [2.75, 3.05) is 13.1 Å². The van der Waals surface area contributed by atoms with Crippen molar-refractivity contribution in [1.29, 1.82) is 0 Å². The van der Waals surface area contributed by atoms with Crippen LogP contribution in [0.4, 0.5) is 0 Å². The van der Waals surface area contributed by atoms with E-state index < -0.39 is 0 Å². The lowest BCUT2D eigenvalue weighted by Gasteiger charge is -2.34. The molecule has 0 aromatic heterocycles. The molecule has 1 saturated carbocycles. The topological polar surface area (TPSA) is 23.5 Å². The standard InChI is InChI=1S/C10H17NO/c12-9-5-7-1-3-11-4-2-8(6-9)10(7)11/h7-10,12H,1-6H2. The van der Waals surface area contributed by atoms with Gasteiger partial charge >= 0.3 is 0 Å². The second-order valence-corrected chi connectivity index (χ2v) is 4.75. The fraction of sp³-hybridized carbons (Fsp3) is 1.00. The highest BCUT2D eigenvalue weighted by atomic mass is 16.3. The van der Waals surface area contributed by atoms with Gasteiger partial charge in [-0.3, -0.25) is 4.90 Å². The molecular formula is C10H17NO. The lowest BCUT2D eigenvalue weighted by atomic mass is 9.76. The van der Waals surface area contributed by atoms with Gasteiger partial charge < -0.3 is 5.11 Å². The van der Waals surface area contributed by atoms with Gasteiger partial charge in [0.15, 0.2) is 0 Å². The highest BCUT2D eigenvalue weighted by molar-refractivity contribution is 5.00. The van der Waals surface area contributed by atoms with Crippen LogP contribution in [0.25, 0.3) is 0 Å². The third-order valence-electron chi connectivity index (χ3n) is 4.11. The normalized spacial score (nSPS) is 52.8. The zero-order chi connectivity index (χ0) is 8.13. The number of aliphatic hydroxyl groups is 1. The van der Waals surface area contributed by atoms with E-state index in [-0.39, 0.29) is 6.10 Å². The van der Waals surface area contributed by atoms with Crippen molar-refractivity contribution in [3.05, 3.63) is 0 Å². The van der Waals surface area contributed by atoms with Crippen LogP contribution in [0.1, 0.15) is 25.7 Å². The smallest absolute Gasteiger partial charge is 0.0546 e. The van der Waals surface area contributed by atoms with Gasteiger partial charge in [0.25, 0.3) is 0 Å². The average Bonchev–Trinajstić information content (AvgIpc) is 2.59. The summed E-state index contributed by atoms with van der Waals surface area (Å²) in [4.78, 5) is 2.65. The summed E-state index contributed by atoms with van der Waals surface area (Å²) >= 11 is 0. The second-order valence-electron chi connectivity index (χ2n) is 4.75. The van der Waals surface area contributed by atoms with E-state index in [0.717, 1.165) is 30.7 Å². The molecular weight excluding hydrogens is 150 g/mol. The molecule has 12 heavy (non-hydrogen) atoms. The van der Waals surface area contributed by atoms with Crippen LogP contribution in [0.15, 0.2) is 0 Å². The lowest BCUT2D eigenvalue weighted by molar-refractivity contribution is 0.0563. The van der Waals surface area contributed by atoms with E-state index in [1.54, 1.807) is 0 Å². The van der Waals surface area contributed by atoms with Gasteiger partial charge in [0.1, 0.15) is 0 Å². The molecule has 0 spiro atoms. The summed E-state index contributed by atoms with van der Waals surface area (Å²) in [5, 5.41) is 9.66. The quantitative estimate of drug-likeness (QED) is 0.578. The van der Waals surface area contributed by atoms with Crippen LogP contribution in [0.3, 0.4) is 0 Å². The van der Waals surface area contributed by atoms with E-state index in [0.29, 0.717) is 0 Å². The molecule has 0 aromatic carbocycles. The van der Waals surface area contributed by atoms with Gasteiger partial charge in [-0.15, -0.1) is 0 Å². The molecule has 0 bridgehead atoms. The number of nitrogens with zero attached hydrogens (tertiary/aromatic N) is 1. The minimum absolute atomic E-state index is 0.0225. The maximum absolute atomic E-state index is 9.66. The van der Waals surface area contributed by atoms with Crippen molar-refractivity contribution < 1.29 is 5.11 Å². The van der Waals surface area contributed by atoms with Crippen molar-refractivity contribution in [1.82, 2.24) is 4.90 Å². The molecule has 3 fully saturated rings. The van der Waals surface area contributed by atoms with Crippen LogP contribution in [-0.4, -0.2) is 35.2 Å². The molecule has 1 N–H and O–H groups in total. The summed E-state index contributed by atoms with van der Waals surface area (Å²) in [6, 6.07) is 0.869. The van der Waals surface area contributed by atoms with E-state index in [4.69, 9.17) is 0 Å². The average molecular weight is 167 g/mol. The Bertz CT molecular complexity index is 176. The van der Waals surface area contributed by atoms with Gasteiger partial charge in [0.05, 0.1) is 6.10 Å². The molecule has 0 amide bonds. The Kier molecular flexibility index (Phi) is 1.50. The Labute approximate surface area is 73.6 Å². The third-order valence-corrected chi connectivity index (χ3v) is 4.11. The summed E-state index contributed by atoms with van der Waals surface area (Å²) < 4.78 is 0. The minimum atomic E-state index is 0.0225. The second kappa shape index (κ2) is 2.46. The van der Waals surface area contributed by atoms with E-state index in [1.165, 1.54) is 25.9 Å². The van der Waals surface area contributed by atoms with Crippen molar-refractivity contribution in [2.45, 2.75) is 37.8 Å². The van der Waals surface area contributed by atoms with Crippen LogP contribution in [0.2, 0.25) is 0 Å². The molecule has 2 heterocycles. The van der Waals surface area contributed by atoms with Crippen LogP contribution in [0, 0.1) is 11.8 Å². The Balaban J connectivity index is 1.86. The monoisotopic (exact) mass is 167 g/mol. The molecule has 68 valence electrons. The Morgan fingerprint density at radius 2 is 1.58 bits per heavy atom. The third kappa shape index (κ3) is 0.882. The van der Waals surface area contributed by atoms with E-state index in [2.05, 4.69) is 4.90 Å². The van der Waals surface area contributed by atoms with Crippen molar-refractivity contribution in [3.63, 3.8) is 0 Å². The predicted octanol–water partition coefficient (Wildman–Crippen LogP) is 0.851. The maximum Gasteiger partial charge on any atom is 0.0546 e. The summed E-state index contributed by atoms with van der Waals surface area (Å²) in [6.07, 6.45) is 4.88. The fourth-order valence-corrected chi connectivity index (χ4v) is 3.71. The van der Waals surface area contributed by atoms with Gasteiger partial charge in [-0.1, -0.05) is 0 Å². The van der Waals surface area contributed by atoms with Crippen molar-refractivity contribution >= 4 is 0 Å². The molecule has 3 rings (SSSR count). The van der Waals surface area contributed by atoms with Crippen LogP contribution in [0.5, 0.6) is 0 Å². The molecule has 2 saturated heterocycles. The predicted molar refractivity (Wildman–Crippen MR) is 46.8 cm³/mol. The van der Waals surface area contributed by atoms with E-state index in [9.17, 15) is 5.11 Å². The van der Waals surface area contributed by atoms with E-state index >= 15 is 0 Å². The van der Waals surface area contributed by atoms with Crippen LogP contribution in [-0.2, 0) is 0 Å². The lowest BCUT2D eigenvalue weighted by Crippen LogP contribution is -2.38. The van der Waals surface area contributed by atoms with Gasteiger partial charge in [-0.05, 0) is 50.6 Å². The number of hydrogen-bond acceptors (Lipinski definition) is 2. The van der Waals surface area contributed by atoms with Gasteiger partial charge in [-0.2, -0.15) is 0 Å². The highest BCUT2D eigenvalue weighted by Crippen LogP contribution is 2.44. The minimum Gasteiger partial charge on any atom is -0.393 e. The zero-order valence-electron chi connectivity index (χ0n) is 7.45. The Morgan fingerprint density at radius 1 is 1.00 bits per heavy atom. The van der Waals surface area contributed by atoms with Gasteiger partial charge in [0.2, 0.25) is 0 Å².